The van der Waals surface area contributed by atoms with Gasteiger partial charge in [0.25, 0.3) is 0 Å². The molecule has 2 aromatic rings. The van der Waals surface area contributed by atoms with E-state index in [1.54, 1.807) is 19.2 Å². The van der Waals surface area contributed by atoms with Gasteiger partial charge in [-0.3, -0.25) is 9.69 Å². The number of ether oxygens (including phenoxy) is 1. The fourth-order valence-electron chi connectivity index (χ4n) is 6.20. The van der Waals surface area contributed by atoms with E-state index in [0.717, 1.165) is 50.2 Å². The Labute approximate surface area is 184 Å². The molecule has 2 bridgehead atoms. The Bertz CT molecular complexity index is 949. The highest BCUT2D eigenvalue weighted by Gasteiger charge is 2.49. The van der Waals surface area contributed by atoms with E-state index < -0.39 is 0 Å². The molecule has 4 nitrogen and oxygen atoms in total. The van der Waals surface area contributed by atoms with Gasteiger partial charge >= 0.3 is 0 Å². The van der Waals surface area contributed by atoms with E-state index in [9.17, 15) is 9.18 Å². The molecule has 3 heterocycles. The Balaban J connectivity index is 1.40. The van der Waals surface area contributed by atoms with Gasteiger partial charge in [-0.05, 0) is 72.9 Å². The van der Waals surface area contributed by atoms with Crippen molar-refractivity contribution < 1.29 is 13.9 Å². The van der Waals surface area contributed by atoms with E-state index in [-0.39, 0.29) is 11.9 Å². The van der Waals surface area contributed by atoms with Crippen molar-refractivity contribution >= 4 is 5.91 Å². The zero-order valence-electron chi connectivity index (χ0n) is 18.2. The molecule has 164 valence electrons. The van der Waals surface area contributed by atoms with Crippen LogP contribution in [0.4, 0.5) is 4.39 Å². The lowest BCUT2D eigenvalue weighted by Gasteiger charge is -2.57. The third-order valence-corrected chi connectivity index (χ3v) is 7.45. The number of benzene rings is 2. The molecule has 0 aromatic heterocycles. The van der Waals surface area contributed by atoms with Gasteiger partial charge in [0.05, 0.1) is 7.11 Å². The maximum Gasteiger partial charge on any atom is 0.223 e. The first kappa shape index (κ1) is 20.5. The largest absolute Gasteiger partial charge is 0.497 e. The van der Waals surface area contributed by atoms with Crippen LogP contribution < -0.4 is 4.74 Å². The summed E-state index contributed by atoms with van der Waals surface area (Å²) in [6.45, 7) is 2.72. The maximum absolute atomic E-state index is 13.7. The Morgan fingerprint density at radius 2 is 1.87 bits per heavy atom. The number of hydrogen-bond donors (Lipinski definition) is 0. The summed E-state index contributed by atoms with van der Waals surface area (Å²) in [5, 5.41) is 0. The Morgan fingerprint density at radius 3 is 2.71 bits per heavy atom. The average Bonchev–Trinajstić information content (AvgIpc) is 2.77. The topological polar surface area (TPSA) is 32.8 Å². The Morgan fingerprint density at radius 1 is 1.06 bits per heavy atom. The molecule has 0 radical (unpaired) electrons. The van der Waals surface area contributed by atoms with Crippen molar-refractivity contribution in [2.75, 3.05) is 20.2 Å². The number of fused-ring (bicyclic) bond motifs is 4. The first-order valence-corrected chi connectivity index (χ1v) is 11.5. The van der Waals surface area contributed by atoms with Crippen LogP contribution >= 0.6 is 0 Å². The van der Waals surface area contributed by atoms with Crippen molar-refractivity contribution in [2.24, 2.45) is 11.8 Å². The van der Waals surface area contributed by atoms with Crippen LogP contribution in [0, 0.1) is 17.7 Å². The number of amides is 1. The van der Waals surface area contributed by atoms with Gasteiger partial charge in [0.15, 0.2) is 0 Å². The summed E-state index contributed by atoms with van der Waals surface area (Å²) in [7, 11) is 1.69. The second-order valence-electron chi connectivity index (χ2n) is 9.46. The van der Waals surface area contributed by atoms with Crippen molar-refractivity contribution in [3.05, 3.63) is 65.5 Å². The molecule has 0 spiro atoms. The molecule has 0 aliphatic carbocycles. The van der Waals surface area contributed by atoms with Crippen molar-refractivity contribution in [1.82, 2.24) is 9.80 Å². The first-order valence-electron chi connectivity index (χ1n) is 11.5. The van der Waals surface area contributed by atoms with Crippen molar-refractivity contribution in [3.8, 4) is 5.75 Å². The van der Waals surface area contributed by atoms with Crippen LogP contribution in [0.5, 0.6) is 5.75 Å². The highest BCUT2D eigenvalue weighted by Crippen LogP contribution is 2.43. The molecule has 0 N–H and O–H groups in total. The van der Waals surface area contributed by atoms with Crippen LogP contribution in [-0.2, 0) is 17.8 Å². The lowest BCUT2D eigenvalue weighted by atomic mass is 9.70. The molecule has 3 fully saturated rings. The summed E-state index contributed by atoms with van der Waals surface area (Å²) in [6, 6.07) is 15.8. The fourth-order valence-corrected chi connectivity index (χ4v) is 6.20. The van der Waals surface area contributed by atoms with Gasteiger partial charge in [-0.1, -0.05) is 24.3 Å². The third-order valence-electron chi connectivity index (χ3n) is 7.45. The number of rotatable bonds is 5. The monoisotopic (exact) mass is 422 g/mol. The van der Waals surface area contributed by atoms with Crippen LogP contribution in [0.2, 0.25) is 0 Å². The molecule has 31 heavy (non-hydrogen) atoms. The number of carbonyl (C=O) groups excluding carboxylic acids is 1. The lowest BCUT2D eigenvalue weighted by Crippen LogP contribution is -2.65. The number of halogens is 1. The molecule has 3 aliphatic rings. The second-order valence-corrected chi connectivity index (χ2v) is 9.46. The van der Waals surface area contributed by atoms with Gasteiger partial charge in [0.2, 0.25) is 5.91 Å². The molecule has 4 atom stereocenters. The van der Waals surface area contributed by atoms with Crippen LogP contribution in [0.1, 0.15) is 36.8 Å². The van der Waals surface area contributed by atoms with Crippen LogP contribution in [0.15, 0.2) is 48.5 Å². The SMILES string of the molecule is COc1cccc(C[C@H]2[C@H]3C[C@H](CN(Cc4cccc(F)c4)C3)[C@@H]3CCCC(=O)N32)c1. The van der Waals surface area contributed by atoms with Crippen molar-refractivity contribution in [2.45, 2.75) is 50.7 Å². The highest BCUT2D eigenvalue weighted by molar-refractivity contribution is 5.78. The summed E-state index contributed by atoms with van der Waals surface area (Å²) in [4.78, 5) is 17.8. The highest BCUT2D eigenvalue weighted by atomic mass is 19.1. The minimum atomic E-state index is -0.172. The van der Waals surface area contributed by atoms with Gasteiger partial charge in [-0.15, -0.1) is 0 Å². The van der Waals surface area contributed by atoms with Gasteiger partial charge in [0, 0.05) is 38.1 Å². The van der Waals surface area contributed by atoms with Gasteiger partial charge in [0.1, 0.15) is 11.6 Å². The van der Waals surface area contributed by atoms with Crippen LogP contribution in [-0.4, -0.2) is 48.0 Å². The second kappa shape index (κ2) is 8.62. The zero-order chi connectivity index (χ0) is 21.4. The van der Waals surface area contributed by atoms with Crippen molar-refractivity contribution in [1.29, 1.82) is 0 Å². The van der Waals surface area contributed by atoms with Crippen molar-refractivity contribution in [3.63, 3.8) is 0 Å². The van der Waals surface area contributed by atoms with E-state index in [4.69, 9.17) is 4.74 Å². The van der Waals surface area contributed by atoms with E-state index in [1.165, 1.54) is 18.1 Å². The zero-order valence-corrected chi connectivity index (χ0v) is 18.2. The predicted molar refractivity (Wildman–Crippen MR) is 118 cm³/mol. The summed E-state index contributed by atoms with van der Waals surface area (Å²) < 4.78 is 19.1. The summed E-state index contributed by atoms with van der Waals surface area (Å²) in [5.41, 5.74) is 2.25. The fraction of sp³-hybridized carbons (Fsp3) is 0.500. The maximum atomic E-state index is 13.7. The van der Waals surface area contributed by atoms with E-state index in [1.807, 2.05) is 18.2 Å². The molecule has 5 rings (SSSR count). The minimum Gasteiger partial charge on any atom is -0.497 e. The average molecular weight is 423 g/mol. The quantitative estimate of drug-likeness (QED) is 0.721. The molecule has 0 unspecified atom stereocenters. The smallest absolute Gasteiger partial charge is 0.223 e. The molecular weight excluding hydrogens is 391 g/mol. The normalized spacial score (nSPS) is 28.3. The number of hydrogen-bond acceptors (Lipinski definition) is 3. The van der Waals surface area contributed by atoms with Crippen LogP contribution in [0.25, 0.3) is 0 Å². The standard InChI is InChI=1S/C26H31FN2O2/c1-31-23-8-3-5-18(12-23)13-25-21-14-20(24-9-4-10-26(30)29(24)25)16-28(17-21)15-19-6-2-7-22(27)11-19/h2-3,5-8,11-12,20-21,24-25H,4,9-10,13-17H2,1H3/t20-,21+,24+,25+/m1/s1. The van der Waals surface area contributed by atoms with Gasteiger partial charge in [-0.2, -0.15) is 0 Å². The number of piperidine rings is 3. The first-order chi connectivity index (χ1) is 15.1. The molecule has 3 aliphatic heterocycles. The Kier molecular flexibility index (Phi) is 5.70. The Hall–Kier alpha value is -2.40. The molecular formula is C26H31FN2O2. The number of carbonyl (C=O) groups is 1. The minimum absolute atomic E-state index is 0.172. The van der Waals surface area contributed by atoms with E-state index >= 15 is 0 Å². The molecule has 5 heteroatoms. The number of nitrogens with zero attached hydrogens (tertiary/aromatic N) is 2. The summed E-state index contributed by atoms with van der Waals surface area (Å²) in [5.74, 6) is 1.98. The molecule has 0 saturated carbocycles. The summed E-state index contributed by atoms with van der Waals surface area (Å²) in [6.07, 6.45) is 4.83. The number of methoxy groups -OCH3 is 1. The van der Waals surface area contributed by atoms with Crippen LogP contribution in [0.3, 0.4) is 0 Å². The molecule has 2 aromatic carbocycles. The lowest BCUT2D eigenvalue weighted by molar-refractivity contribution is -0.152. The number of likely N-dealkylation sites (tertiary alicyclic amines) is 1. The third kappa shape index (κ3) is 4.20. The van der Waals surface area contributed by atoms with Gasteiger partial charge < -0.3 is 9.64 Å². The van der Waals surface area contributed by atoms with E-state index in [2.05, 4.69) is 21.9 Å². The summed E-state index contributed by atoms with van der Waals surface area (Å²) >= 11 is 0. The van der Waals surface area contributed by atoms with E-state index in [0.29, 0.717) is 30.2 Å². The molecule has 3 saturated heterocycles. The van der Waals surface area contributed by atoms with Gasteiger partial charge in [-0.25, -0.2) is 4.39 Å². The molecule has 1 amide bonds. The predicted octanol–water partition coefficient (Wildman–Crippen LogP) is 4.28.